The molecule has 3 aliphatic heterocycles. The third kappa shape index (κ3) is 19.9. The molecule has 107 heavy (non-hydrogen) atoms. The second-order valence-corrected chi connectivity index (χ2v) is 27.7. The number of rotatable bonds is 20. The van der Waals surface area contributed by atoms with E-state index in [1.807, 2.05) is 24.3 Å². The summed E-state index contributed by atoms with van der Waals surface area (Å²) in [4.78, 5) is 58.5. The summed E-state index contributed by atoms with van der Waals surface area (Å²) >= 11 is 0. The highest BCUT2D eigenvalue weighted by atomic mass is 19.4. The molecule has 9 heterocycles. The lowest BCUT2D eigenvalue weighted by atomic mass is 9.93. The number of alkyl halides is 6. The van der Waals surface area contributed by atoms with Crippen molar-refractivity contribution in [2.45, 2.75) is 151 Å². The first-order valence-electron chi connectivity index (χ1n) is 36.6. The number of nitrogens with zero attached hydrogens (tertiary/aromatic N) is 15. The van der Waals surface area contributed by atoms with E-state index in [4.69, 9.17) is 33.2 Å². The molecule has 0 spiro atoms. The fourth-order valence-electron chi connectivity index (χ4n) is 13.9. The lowest BCUT2D eigenvalue weighted by Gasteiger charge is -2.31. The van der Waals surface area contributed by atoms with E-state index < -0.39 is 24.6 Å². The van der Waals surface area contributed by atoms with E-state index in [0.29, 0.717) is 49.9 Å². The average molecular weight is 1490 g/mol. The van der Waals surface area contributed by atoms with E-state index in [1.54, 1.807) is 49.6 Å². The largest absolute Gasteiger partial charge is 0.490 e. The molecule has 33 heteroatoms. The van der Waals surface area contributed by atoms with E-state index >= 15 is 0 Å². The fraction of sp³-hybridized carbons (Fsp3) is 0.514. The molecule has 5 N–H and O–H groups in total. The molecule has 9 aromatic rings. The molecule has 0 radical (unpaired) electrons. The van der Waals surface area contributed by atoms with Crippen molar-refractivity contribution >= 4 is 68.0 Å². The van der Waals surface area contributed by atoms with Crippen molar-refractivity contribution < 1.29 is 69.7 Å². The molecule has 7 aliphatic rings. The minimum atomic E-state index is -4.75. The first-order chi connectivity index (χ1) is 52.0. The molecule has 4 aliphatic carbocycles. The van der Waals surface area contributed by atoms with Gasteiger partial charge in [-0.2, -0.15) is 26.3 Å². The van der Waals surface area contributed by atoms with Crippen molar-refractivity contribution in [2.24, 2.45) is 5.92 Å². The van der Waals surface area contributed by atoms with Gasteiger partial charge in [-0.25, -0.2) is 44.9 Å². The molecule has 27 nitrogen and oxygen atoms in total. The average Bonchev–Trinajstić information content (AvgIpc) is 0.820. The highest BCUT2D eigenvalue weighted by Gasteiger charge is 2.41. The zero-order valence-corrected chi connectivity index (χ0v) is 58.9. The number of halogens is 6. The minimum Gasteiger partial charge on any atom is -0.490 e. The maximum atomic E-state index is 12.7. The SMILES string of the molecule is O[C@@H](c1cnc(NC2CCC(Oc3cc(N4CCOCC4)cc4nccnc34)CC2)nc1)C(F)(F)F.O[C@H](c1cnc(NC2CCC(Oc3cc(N4CCOCC4)cc4nccnc34)CC2)nc1)C(F)(F)F.c1cnc2c(OC3CCC(Nc4ncc(OCC5CC5)cn4)CC3)cc(N3CCOCC3)cc2n1. The van der Waals surface area contributed by atoms with Crippen molar-refractivity contribution in [1.82, 2.24) is 59.8 Å². The standard InChI is InChI=1S/C26H32N6O3.2C24H27F3N6O3/c1-2-18(1)17-34-22-15-29-26(30-16-22)31-19-3-5-21(6-4-19)35-24-14-20(32-9-11-33-12-10-32)13-23-25(24)28-8-7-27-23;2*25-24(26,27)22(34)15-13-30-23(31-14-15)32-16-1-3-18(4-2-16)36-20-12-17(33-7-9-35-10-8-33)11-19-21(20)29-6-5-28-19/h7-8,13-16,18-19,21H,1-6,9-12,17H2,(H,29,30,31);2*5-6,11-14,16,18,22,34H,1-4,7-10H2,(H,30,31,32)/t;2*16?,18?,22-/m.10/s1. The van der Waals surface area contributed by atoms with Crippen LogP contribution in [-0.2, 0) is 14.2 Å². The summed E-state index contributed by atoms with van der Waals surface area (Å²) in [5.74, 6) is 4.83. The van der Waals surface area contributed by atoms with E-state index in [2.05, 4.69) is 103 Å². The monoisotopic (exact) mass is 1480 g/mol. The van der Waals surface area contributed by atoms with Crippen molar-refractivity contribution in [3.05, 3.63) is 122 Å². The Labute approximate surface area is 613 Å². The number of nitrogens with one attached hydrogen (secondary N) is 3. The van der Waals surface area contributed by atoms with Crippen LogP contribution >= 0.6 is 0 Å². The van der Waals surface area contributed by atoms with Crippen LogP contribution in [0.2, 0.25) is 0 Å². The topological polar surface area (TPSA) is 306 Å². The van der Waals surface area contributed by atoms with Crippen molar-refractivity contribution in [3.8, 4) is 23.0 Å². The molecule has 7 fully saturated rings. The van der Waals surface area contributed by atoms with E-state index in [9.17, 15) is 36.6 Å². The lowest BCUT2D eigenvalue weighted by Crippen LogP contribution is -2.36. The predicted molar refractivity (Wildman–Crippen MR) is 385 cm³/mol. The van der Waals surface area contributed by atoms with Crippen LogP contribution in [0.3, 0.4) is 0 Å². The zero-order chi connectivity index (χ0) is 73.7. The van der Waals surface area contributed by atoms with Gasteiger partial charge in [-0.15, -0.1) is 0 Å². The first kappa shape index (κ1) is 74.2. The summed E-state index contributed by atoms with van der Waals surface area (Å²) in [6.45, 7) is 9.95. The third-order valence-electron chi connectivity index (χ3n) is 20.0. The molecule has 0 bridgehead atoms. The maximum absolute atomic E-state index is 12.7. The Morgan fingerprint density at radius 1 is 0.383 bits per heavy atom. The summed E-state index contributed by atoms with van der Waals surface area (Å²) in [6.07, 6.45) is 15.8. The van der Waals surface area contributed by atoms with Crippen LogP contribution in [0.1, 0.15) is 113 Å². The number of morpholine rings is 3. The summed E-state index contributed by atoms with van der Waals surface area (Å²) in [5.41, 5.74) is 7.11. The lowest BCUT2D eigenvalue weighted by molar-refractivity contribution is -0.207. The first-order valence-corrected chi connectivity index (χ1v) is 36.6. The van der Waals surface area contributed by atoms with Crippen molar-refractivity contribution in [3.63, 3.8) is 0 Å². The van der Waals surface area contributed by atoms with Gasteiger partial charge in [-0.3, -0.25) is 15.0 Å². The molecular formula is C74H86F6N18O9. The van der Waals surface area contributed by atoms with Crippen LogP contribution in [0.4, 0.5) is 61.2 Å². The minimum absolute atomic E-state index is 0.00146. The summed E-state index contributed by atoms with van der Waals surface area (Å²) in [6, 6.07) is 12.8. The van der Waals surface area contributed by atoms with Gasteiger partial charge in [0.05, 0.1) is 93.5 Å². The molecule has 0 amide bonds. The Hall–Kier alpha value is -9.70. The molecule has 2 atom stereocenters. The van der Waals surface area contributed by atoms with Crippen molar-refractivity contribution in [1.29, 1.82) is 0 Å². The third-order valence-corrected chi connectivity index (χ3v) is 20.0. The van der Waals surface area contributed by atoms with Gasteiger partial charge < -0.3 is 74.0 Å². The number of fused-ring (bicyclic) bond motifs is 3. The second kappa shape index (κ2) is 34.5. The Kier molecular flexibility index (Phi) is 23.9. The van der Waals surface area contributed by atoms with Crippen LogP contribution in [0, 0.1) is 5.92 Å². The number of anilines is 6. The number of hydrogen-bond acceptors (Lipinski definition) is 27. The Bertz CT molecular complexity index is 4150. The van der Waals surface area contributed by atoms with Gasteiger partial charge in [0, 0.05) is 166 Å². The molecule has 6 aromatic heterocycles. The van der Waals surface area contributed by atoms with Crippen LogP contribution < -0.4 is 49.6 Å². The summed E-state index contributed by atoms with van der Waals surface area (Å²) in [7, 11) is 0. The molecule has 16 rings (SSSR count). The molecule has 3 aromatic carbocycles. The second-order valence-electron chi connectivity index (χ2n) is 27.7. The normalized spacial score (nSPS) is 22.1. The van der Waals surface area contributed by atoms with Crippen LogP contribution in [0.15, 0.2) is 111 Å². The molecule has 568 valence electrons. The van der Waals surface area contributed by atoms with Gasteiger partial charge in [0.2, 0.25) is 17.8 Å². The number of ether oxygens (including phenoxy) is 7. The highest BCUT2D eigenvalue weighted by molar-refractivity contribution is 5.87. The molecular weight excluding hydrogens is 1400 g/mol. The number of aliphatic hydroxyl groups is 2. The predicted octanol–water partition coefficient (Wildman–Crippen LogP) is 11.2. The Morgan fingerprint density at radius 2 is 0.673 bits per heavy atom. The maximum Gasteiger partial charge on any atom is 0.418 e. The molecule has 3 saturated heterocycles. The highest BCUT2D eigenvalue weighted by Crippen LogP contribution is 2.39. The van der Waals surface area contributed by atoms with Gasteiger partial charge >= 0.3 is 12.4 Å². The van der Waals surface area contributed by atoms with Crippen LogP contribution in [0.5, 0.6) is 23.0 Å². The van der Waals surface area contributed by atoms with Gasteiger partial charge in [0.25, 0.3) is 0 Å². The molecule has 0 unspecified atom stereocenters. The van der Waals surface area contributed by atoms with Gasteiger partial charge in [-0.1, -0.05) is 0 Å². The van der Waals surface area contributed by atoms with Gasteiger partial charge in [-0.05, 0) is 114 Å². The van der Waals surface area contributed by atoms with Gasteiger partial charge in [0.1, 0.15) is 33.8 Å². The Balaban J connectivity index is 0.000000135. The number of benzene rings is 3. The van der Waals surface area contributed by atoms with Crippen molar-refractivity contribution in [2.75, 3.05) is 116 Å². The van der Waals surface area contributed by atoms with Gasteiger partial charge in [0.15, 0.2) is 18.0 Å². The fourth-order valence-corrected chi connectivity index (χ4v) is 13.9. The smallest absolute Gasteiger partial charge is 0.418 e. The van der Waals surface area contributed by atoms with Crippen LogP contribution in [-0.4, -0.2) is 204 Å². The number of hydrogen-bond donors (Lipinski definition) is 5. The van der Waals surface area contributed by atoms with E-state index in [1.165, 1.54) is 12.8 Å². The van der Waals surface area contributed by atoms with E-state index in [-0.39, 0.29) is 53.4 Å². The van der Waals surface area contributed by atoms with Crippen LogP contribution in [0.25, 0.3) is 33.1 Å². The summed E-state index contributed by atoms with van der Waals surface area (Å²) < 4.78 is 118. The number of aliphatic hydroxyl groups excluding tert-OH is 2. The number of aromatic nitrogens is 12. The Morgan fingerprint density at radius 3 is 0.963 bits per heavy atom. The molecule has 4 saturated carbocycles. The summed E-state index contributed by atoms with van der Waals surface area (Å²) in [5, 5.41) is 28.5. The van der Waals surface area contributed by atoms with E-state index in [0.717, 1.165) is 229 Å². The zero-order valence-electron chi connectivity index (χ0n) is 58.9. The quantitative estimate of drug-likeness (QED) is 0.0443.